The number of furan rings is 1. The molecule has 4 rings (SSSR count). The number of phenolic OH excluding ortho intramolecular Hbond substituents is 1. The van der Waals surface area contributed by atoms with Crippen LogP contribution in [-0.4, -0.2) is 16.8 Å². The normalized spacial score (nSPS) is 14.7. The third-order valence-corrected chi connectivity index (χ3v) is 4.45. The van der Waals surface area contributed by atoms with Crippen molar-refractivity contribution in [2.24, 2.45) is 0 Å². The zero-order valence-electron chi connectivity index (χ0n) is 14.6. The van der Waals surface area contributed by atoms with Crippen molar-refractivity contribution in [3.05, 3.63) is 82.8 Å². The van der Waals surface area contributed by atoms with Crippen LogP contribution in [0.5, 0.6) is 5.75 Å². The third-order valence-electron chi connectivity index (χ3n) is 4.45. The third kappa shape index (κ3) is 3.40. The molecule has 29 heavy (non-hydrogen) atoms. The molecule has 0 saturated carbocycles. The number of nitrogens with one attached hydrogen (secondary N) is 1. The van der Waals surface area contributed by atoms with Crippen molar-refractivity contribution in [1.29, 1.82) is 0 Å². The van der Waals surface area contributed by atoms with Crippen LogP contribution < -0.4 is 5.32 Å². The Morgan fingerprint density at radius 3 is 2.59 bits per heavy atom. The van der Waals surface area contributed by atoms with Crippen LogP contribution in [0, 0.1) is 0 Å². The first-order valence-corrected chi connectivity index (χ1v) is 8.40. The summed E-state index contributed by atoms with van der Waals surface area (Å²) in [5.41, 5.74) is 0.0694. The Morgan fingerprint density at radius 2 is 1.90 bits per heavy atom. The first kappa shape index (κ1) is 18.5. The maximum atomic E-state index is 13.0. The van der Waals surface area contributed by atoms with Gasteiger partial charge in [0.2, 0.25) is 5.78 Å². The Balaban J connectivity index is 1.77. The van der Waals surface area contributed by atoms with Gasteiger partial charge >= 0.3 is 6.18 Å². The van der Waals surface area contributed by atoms with Crippen molar-refractivity contribution in [2.45, 2.75) is 6.18 Å². The zero-order chi connectivity index (χ0) is 20.8. The van der Waals surface area contributed by atoms with Crippen molar-refractivity contribution in [3.8, 4) is 5.75 Å². The van der Waals surface area contributed by atoms with Gasteiger partial charge in [0.05, 0.1) is 11.8 Å². The maximum Gasteiger partial charge on any atom is 0.419 e. The van der Waals surface area contributed by atoms with Gasteiger partial charge < -0.3 is 14.8 Å². The average Bonchev–Trinajstić information content (AvgIpc) is 3.30. The van der Waals surface area contributed by atoms with Crippen LogP contribution in [0.15, 0.2) is 59.2 Å². The van der Waals surface area contributed by atoms with E-state index in [-0.39, 0.29) is 28.2 Å². The van der Waals surface area contributed by atoms with Crippen LogP contribution in [0.2, 0.25) is 0 Å². The van der Waals surface area contributed by atoms with Crippen molar-refractivity contribution in [1.82, 2.24) is 0 Å². The lowest BCUT2D eigenvalue weighted by Crippen LogP contribution is -2.06. The second kappa shape index (κ2) is 6.66. The molecule has 2 heterocycles. The monoisotopic (exact) mass is 399 g/mol. The SMILES string of the molecule is O=C1Nc2ccc(C(=O)c3ccco3)cc2/C1=C/c1ccc(O)c(C(F)(F)F)c1. The number of anilines is 1. The van der Waals surface area contributed by atoms with Crippen LogP contribution in [0.3, 0.4) is 0 Å². The fraction of sp³-hybridized carbons (Fsp3) is 0.0476. The Kier molecular flexibility index (Phi) is 4.26. The van der Waals surface area contributed by atoms with Gasteiger partial charge in [-0.05, 0) is 54.1 Å². The zero-order valence-corrected chi connectivity index (χ0v) is 14.6. The lowest BCUT2D eigenvalue weighted by atomic mass is 9.99. The predicted molar refractivity (Wildman–Crippen MR) is 98.2 cm³/mol. The summed E-state index contributed by atoms with van der Waals surface area (Å²) < 4.78 is 44.2. The number of halogens is 3. The molecule has 1 aliphatic rings. The highest BCUT2D eigenvalue weighted by atomic mass is 19.4. The van der Waals surface area contributed by atoms with Crippen molar-refractivity contribution in [2.75, 3.05) is 5.32 Å². The van der Waals surface area contributed by atoms with E-state index in [2.05, 4.69) is 5.32 Å². The molecule has 0 saturated heterocycles. The summed E-state index contributed by atoms with van der Waals surface area (Å²) in [4.78, 5) is 24.8. The van der Waals surface area contributed by atoms with Crippen molar-refractivity contribution < 1.29 is 32.3 Å². The predicted octanol–water partition coefficient (Wildman–Crippen LogP) is 4.73. The summed E-state index contributed by atoms with van der Waals surface area (Å²) in [6.07, 6.45) is -2.10. The van der Waals surface area contributed by atoms with Crippen LogP contribution in [0.1, 0.15) is 32.8 Å². The number of carbonyl (C=O) groups is 2. The maximum absolute atomic E-state index is 13.0. The van der Waals surface area contributed by atoms with E-state index in [1.165, 1.54) is 36.6 Å². The number of aromatic hydroxyl groups is 1. The summed E-state index contributed by atoms with van der Waals surface area (Å²) in [6, 6.07) is 10.6. The number of alkyl halides is 3. The Labute approximate surface area is 162 Å². The molecule has 1 aliphatic heterocycles. The molecule has 0 unspecified atom stereocenters. The van der Waals surface area contributed by atoms with E-state index in [9.17, 15) is 27.9 Å². The number of rotatable bonds is 3. The van der Waals surface area contributed by atoms with E-state index >= 15 is 0 Å². The highest BCUT2D eigenvalue weighted by molar-refractivity contribution is 6.35. The summed E-state index contributed by atoms with van der Waals surface area (Å²) in [6.45, 7) is 0. The van der Waals surface area contributed by atoms with Gasteiger partial charge in [0.15, 0.2) is 5.76 Å². The summed E-state index contributed by atoms with van der Waals surface area (Å²) >= 11 is 0. The van der Waals surface area contributed by atoms with Gasteiger partial charge in [-0.15, -0.1) is 0 Å². The van der Waals surface area contributed by atoms with Crippen LogP contribution in [-0.2, 0) is 11.0 Å². The number of amides is 1. The quantitative estimate of drug-likeness (QED) is 0.493. The number of phenols is 1. The minimum Gasteiger partial charge on any atom is -0.507 e. The minimum atomic E-state index is -4.74. The second-order valence-electron chi connectivity index (χ2n) is 6.35. The minimum absolute atomic E-state index is 0.0795. The molecule has 2 aromatic carbocycles. The molecule has 0 spiro atoms. The molecule has 146 valence electrons. The fourth-order valence-electron chi connectivity index (χ4n) is 3.06. The average molecular weight is 399 g/mol. The number of benzene rings is 2. The van der Waals surface area contributed by atoms with Crippen LogP contribution in [0.4, 0.5) is 18.9 Å². The number of ketones is 1. The van der Waals surface area contributed by atoms with Gasteiger partial charge in [-0.25, -0.2) is 0 Å². The highest BCUT2D eigenvalue weighted by Gasteiger charge is 2.34. The van der Waals surface area contributed by atoms with Crippen LogP contribution >= 0.6 is 0 Å². The number of fused-ring (bicyclic) bond motifs is 1. The largest absolute Gasteiger partial charge is 0.507 e. The smallest absolute Gasteiger partial charge is 0.419 e. The standard InChI is InChI=1S/C21H12F3NO4/c22-21(23,24)15-9-11(3-6-17(15)26)8-14-13-10-12(4-5-16(13)25-20(14)28)19(27)18-2-1-7-29-18/h1-10,26H,(H,25,28)/b14-8-. The van der Waals surface area contributed by atoms with E-state index in [0.717, 1.165) is 12.1 Å². The van der Waals surface area contributed by atoms with Gasteiger partial charge in [0.1, 0.15) is 5.75 Å². The Hall–Kier alpha value is -3.81. The molecule has 0 atom stereocenters. The summed E-state index contributed by atoms with van der Waals surface area (Å²) in [5, 5.41) is 12.1. The van der Waals surface area contributed by atoms with E-state index < -0.39 is 23.4 Å². The first-order chi connectivity index (χ1) is 13.7. The van der Waals surface area contributed by atoms with Gasteiger partial charge in [0.25, 0.3) is 5.91 Å². The van der Waals surface area contributed by atoms with E-state index in [4.69, 9.17) is 4.42 Å². The van der Waals surface area contributed by atoms with E-state index in [1.807, 2.05) is 0 Å². The van der Waals surface area contributed by atoms with Gasteiger partial charge in [-0.3, -0.25) is 9.59 Å². The van der Waals surface area contributed by atoms with Gasteiger partial charge in [-0.1, -0.05) is 6.07 Å². The number of hydrogen-bond acceptors (Lipinski definition) is 4. The number of hydrogen-bond donors (Lipinski definition) is 2. The lowest BCUT2D eigenvalue weighted by Gasteiger charge is -2.09. The van der Waals surface area contributed by atoms with Crippen LogP contribution in [0.25, 0.3) is 11.6 Å². The Bertz CT molecular complexity index is 1160. The first-order valence-electron chi connectivity index (χ1n) is 8.40. The Morgan fingerprint density at radius 1 is 1.10 bits per heavy atom. The molecule has 0 radical (unpaired) electrons. The molecule has 1 aromatic heterocycles. The topological polar surface area (TPSA) is 79.5 Å². The summed E-state index contributed by atoms with van der Waals surface area (Å²) in [7, 11) is 0. The fourth-order valence-corrected chi connectivity index (χ4v) is 3.06. The van der Waals surface area contributed by atoms with Crippen molar-refractivity contribution in [3.63, 3.8) is 0 Å². The molecular formula is C21H12F3NO4. The lowest BCUT2D eigenvalue weighted by molar-refractivity contribution is -0.138. The van der Waals surface area contributed by atoms with Gasteiger partial charge in [-0.2, -0.15) is 13.2 Å². The molecular weight excluding hydrogens is 387 g/mol. The molecule has 8 heteroatoms. The summed E-state index contributed by atoms with van der Waals surface area (Å²) in [5.74, 6) is -1.67. The van der Waals surface area contributed by atoms with E-state index in [1.54, 1.807) is 12.1 Å². The molecule has 0 aliphatic carbocycles. The molecule has 5 nitrogen and oxygen atoms in total. The molecule has 2 N–H and O–H groups in total. The second-order valence-corrected chi connectivity index (χ2v) is 6.35. The van der Waals surface area contributed by atoms with E-state index in [0.29, 0.717) is 11.3 Å². The molecule has 0 bridgehead atoms. The molecule has 3 aromatic rings. The van der Waals surface area contributed by atoms with Gasteiger partial charge in [0, 0.05) is 22.4 Å². The molecule has 0 fully saturated rings. The number of carbonyl (C=O) groups excluding carboxylic acids is 2. The van der Waals surface area contributed by atoms with Crippen molar-refractivity contribution >= 4 is 29.0 Å². The molecule has 1 amide bonds. The highest BCUT2D eigenvalue weighted by Crippen LogP contribution is 2.38.